The van der Waals surface area contributed by atoms with E-state index in [0.717, 1.165) is 16.8 Å². The fourth-order valence-corrected chi connectivity index (χ4v) is 3.59. The fraction of sp³-hybridized carbons (Fsp3) is 0.200. The largest absolute Gasteiger partial charge is 0.465 e. The highest BCUT2D eigenvalue weighted by Gasteiger charge is 2.19. The number of hydrogen-bond donors (Lipinski definition) is 1. The number of carbonyl (C=O) groups excluding carboxylic acids is 2. The molecule has 0 fully saturated rings. The number of anilines is 1. The van der Waals surface area contributed by atoms with Crippen LogP contribution in [0.4, 0.5) is 5.69 Å². The van der Waals surface area contributed by atoms with E-state index in [1.165, 1.54) is 18.4 Å². The number of ether oxygens (including phenoxy) is 1. The number of benzene rings is 1. The number of nitrogens with zero attached hydrogens (tertiary/aromatic N) is 2. The van der Waals surface area contributed by atoms with Gasteiger partial charge < -0.3 is 10.1 Å². The Bertz CT molecular complexity index is 1010. The number of nitrogens with one attached hydrogen (secondary N) is 1. The van der Waals surface area contributed by atoms with E-state index in [0.29, 0.717) is 26.8 Å². The molecule has 6 nitrogen and oxygen atoms in total. The van der Waals surface area contributed by atoms with Crippen molar-refractivity contribution >= 4 is 28.9 Å². The standard InChI is InChI=1S/C20H19N3O3S/c1-11-9-14(10-15(12(11)2)20(25)26-4)23-18(24)17-13(3)22-19(27-17)16-7-5-6-8-21-16/h5-10H,1-4H3,(H,23,24). The number of carbonyl (C=O) groups is 2. The van der Waals surface area contributed by atoms with Crippen molar-refractivity contribution in [2.75, 3.05) is 12.4 Å². The molecule has 0 saturated carbocycles. The molecule has 1 aromatic carbocycles. The maximum atomic E-state index is 12.7. The number of rotatable bonds is 4. The SMILES string of the molecule is COC(=O)c1cc(NC(=O)c2sc(-c3ccccn3)nc2C)cc(C)c1C. The third-order valence-corrected chi connectivity index (χ3v) is 5.40. The Balaban J connectivity index is 1.89. The van der Waals surface area contributed by atoms with Crippen LogP contribution in [-0.2, 0) is 4.74 Å². The lowest BCUT2D eigenvalue weighted by molar-refractivity contribution is 0.0599. The average Bonchev–Trinajstić information content (AvgIpc) is 3.06. The molecule has 2 heterocycles. The molecule has 0 atom stereocenters. The van der Waals surface area contributed by atoms with Crippen LogP contribution in [-0.4, -0.2) is 29.0 Å². The molecule has 0 aliphatic carbocycles. The molecule has 0 unspecified atom stereocenters. The number of aryl methyl sites for hydroxylation is 2. The highest BCUT2D eigenvalue weighted by Crippen LogP contribution is 2.28. The van der Waals surface area contributed by atoms with Gasteiger partial charge in [-0.25, -0.2) is 9.78 Å². The van der Waals surface area contributed by atoms with Crippen LogP contribution in [0.25, 0.3) is 10.7 Å². The van der Waals surface area contributed by atoms with Crippen LogP contribution in [0.15, 0.2) is 36.5 Å². The second-order valence-electron chi connectivity index (χ2n) is 6.06. The minimum Gasteiger partial charge on any atom is -0.465 e. The van der Waals surface area contributed by atoms with Crippen LogP contribution in [0, 0.1) is 20.8 Å². The maximum Gasteiger partial charge on any atom is 0.338 e. The summed E-state index contributed by atoms with van der Waals surface area (Å²) in [5.41, 5.74) is 4.05. The lowest BCUT2D eigenvalue weighted by Gasteiger charge is -2.11. The molecule has 138 valence electrons. The van der Waals surface area contributed by atoms with Crippen LogP contribution in [0.3, 0.4) is 0 Å². The first-order valence-corrected chi connectivity index (χ1v) is 9.12. The minimum atomic E-state index is -0.432. The second-order valence-corrected chi connectivity index (χ2v) is 7.06. The normalized spacial score (nSPS) is 10.5. The van der Waals surface area contributed by atoms with E-state index in [-0.39, 0.29) is 5.91 Å². The predicted octanol–water partition coefficient (Wildman–Crippen LogP) is 4.17. The molecule has 0 bridgehead atoms. The summed E-state index contributed by atoms with van der Waals surface area (Å²) >= 11 is 1.29. The first kappa shape index (κ1) is 18.7. The Labute approximate surface area is 161 Å². The van der Waals surface area contributed by atoms with E-state index in [1.54, 1.807) is 19.2 Å². The third kappa shape index (κ3) is 3.88. The smallest absolute Gasteiger partial charge is 0.338 e. The van der Waals surface area contributed by atoms with Gasteiger partial charge in [-0.15, -0.1) is 11.3 Å². The fourth-order valence-electron chi connectivity index (χ4n) is 2.65. The Morgan fingerprint density at radius 3 is 2.59 bits per heavy atom. The number of hydrogen-bond acceptors (Lipinski definition) is 6. The molecule has 7 heteroatoms. The number of methoxy groups -OCH3 is 1. The van der Waals surface area contributed by atoms with Gasteiger partial charge in [0.15, 0.2) is 0 Å². The van der Waals surface area contributed by atoms with Crippen molar-refractivity contribution in [3.8, 4) is 10.7 Å². The molecule has 2 aromatic heterocycles. The summed E-state index contributed by atoms with van der Waals surface area (Å²) in [5.74, 6) is -0.704. The van der Waals surface area contributed by atoms with E-state index in [9.17, 15) is 9.59 Å². The highest BCUT2D eigenvalue weighted by atomic mass is 32.1. The third-order valence-electron chi connectivity index (χ3n) is 4.22. The molecule has 0 saturated heterocycles. The number of esters is 1. The van der Waals surface area contributed by atoms with Crippen LogP contribution >= 0.6 is 11.3 Å². The van der Waals surface area contributed by atoms with Crippen LogP contribution < -0.4 is 5.32 Å². The summed E-state index contributed by atoms with van der Waals surface area (Å²) in [6, 6.07) is 9.02. The van der Waals surface area contributed by atoms with Crippen molar-refractivity contribution in [2.24, 2.45) is 0 Å². The van der Waals surface area contributed by atoms with Gasteiger partial charge in [0, 0.05) is 11.9 Å². The Morgan fingerprint density at radius 1 is 1.15 bits per heavy atom. The lowest BCUT2D eigenvalue weighted by Crippen LogP contribution is -2.13. The monoisotopic (exact) mass is 381 g/mol. The maximum absolute atomic E-state index is 12.7. The van der Waals surface area contributed by atoms with E-state index < -0.39 is 5.97 Å². The van der Waals surface area contributed by atoms with E-state index >= 15 is 0 Å². The second kappa shape index (κ2) is 7.67. The highest BCUT2D eigenvalue weighted by molar-refractivity contribution is 7.17. The van der Waals surface area contributed by atoms with Gasteiger partial charge in [0.1, 0.15) is 9.88 Å². The topological polar surface area (TPSA) is 81.2 Å². The summed E-state index contributed by atoms with van der Waals surface area (Å²) in [7, 11) is 1.34. The summed E-state index contributed by atoms with van der Waals surface area (Å²) in [4.78, 5) is 33.9. The first-order valence-electron chi connectivity index (χ1n) is 8.30. The van der Waals surface area contributed by atoms with Gasteiger partial charge in [0.2, 0.25) is 0 Å². The van der Waals surface area contributed by atoms with Gasteiger partial charge in [0.25, 0.3) is 5.91 Å². The van der Waals surface area contributed by atoms with Crippen LogP contribution in [0.2, 0.25) is 0 Å². The Kier molecular flexibility index (Phi) is 5.32. The summed E-state index contributed by atoms with van der Waals surface area (Å²) in [6.45, 7) is 5.52. The average molecular weight is 381 g/mol. The van der Waals surface area contributed by atoms with Crippen molar-refractivity contribution in [1.29, 1.82) is 0 Å². The Hall–Kier alpha value is -3.06. The summed E-state index contributed by atoms with van der Waals surface area (Å²) in [5, 5.41) is 3.54. The molecular weight excluding hydrogens is 362 g/mol. The number of pyridine rings is 1. The van der Waals surface area contributed by atoms with Crippen LogP contribution in [0.1, 0.15) is 36.9 Å². The van der Waals surface area contributed by atoms with Crippen molar-refractivity contribution < 1.29 is 14.3 Å². The molecule has 1 N–H and O–H groups in total. The lowest BCUT2D eigenvalue weighted by atomic mass is 10.0. The molecule has 0 radical (unpaired) electrons. The van der Waals surface area contributed by atoms with Crippen molar-refractivity contribution in [3.05, 3.63) is 63.8 Å². The van der Waals surface area contributed by atoms with Crippen molar-refractivity contribution in [3.63, 3.8) is 0 Å². The predicted molar refractivity (Wildman–Crippen MR) is 105 cm³/mol. The van der Waals surface area contributed by atoms with E-state index in [4.69, 9.17) is 4.74 Å². The van der Waals surface area contributed by atoms with Crippen molar-refractivity contribution in [2.45, 2.75) is 20.8 Å². The van der Waals surface area contributed by atoms with Gasteiger partial charge in [-0.1, -0.05) is 6.07 Å². The van der Waals surface area contributed by atoms with Gasteiger partial charge >= 0.3 is 5.97 Å². The zero-order chi connectivity index (χ0) is 19.6. The molecule has 0 aliphatic rings. The first-order chi connectivity index (χ1) is 12.9. The molecule has 0 aliphatic heterocycles. The quantitative estimate of drug-likeness (QED) is 0.686. The van der Waals surface area contributed by atoms with Gasteiger partial charge in [-0.3, -0.25) is 9.78 Å². The minimum absolute atomic E-state index is 0.272. The van der Waals surface area contributed by atoms with E-state index in [1.807, 2.05) is 38.1 Å². The summed E-state index contributed by atoms with van der Waals surface area (Å²) in [6.07, 6.45) is 1.69. The van der Waals surface area contributed by atoms with Gasteiger partial charge in [-0.2, -0.15) is 0 Å². The zero-order valence-corrected chi connectivity index (χ0v) is 16.3. The molecule has 1 amide bonds. The van der Waals surface area contributed by atoms with Gasteiger partial charge in [-0.05, 0) is 56.2 Å². The number of amides is 1. The number of aromatic nitrogens is 2. The van der Waals surface area contributed by atoms with E-state index in [2.05, 4.69) is 15.3 Å². The molecule has 3 aromatic rings. The molecular formula is C20H19N3O3S. The molecule has 27 heavy (non-hydrogen) atoms. The zero-order valence-electron chi connectivity index (χ0n) is 15.5. The summed E-state index contributed by atoms with van der Waals surface area (Å²) < 4.78 is 4.82. The molecule has 0 spiro atoms. The molecule has 3 rings (SSSR count). The Morgan fingerprint density at radius 2 is 1.93 bits per heavy atom. The van der Waals surface area contributed by atoms with Crippen molar-refractivity contribution in [1.82, 2.24) is 9.97 Å². The van der Waals surface area contributed by atoms with Gasteiger partial charge in [0.05, 0.1) is 24.1 Å². The number of thiazole rings is 1. The van der Waals surface area contributed by atoms with Crippen LogP contribution in [0.5, 0.6) is 0 Å².